The van der Waals surface area contributed by atoms with Crippen molar-refractivity contribution in [2.75, 3.05) is 5.32 Å². The summed E-state index contributed by atoms with van der Waals surface area (Å²) in [4.78, 5) is 23.9. The number of nitrogens with zero attached hydrogens (tertiary/aromatic N) is 2. The van der Waals surface area contributed by atoms with Gasteiger partial charge in [-0.1, -0.05) is 12.1 Å². The minimum atomic E-state index is -0.971. The van der Waals surface area contributed by atoms with E-state index in [2.05, 4.69) is 10.4 Å². The smallest absolute Gasteiger partial charge is 0.331 e. The van der Waals surface area contributed by atoms with E-state index in [1.807, 2.05) is 13.8 Å². The molecule has 0 radical (unpaired) electrons. The summed E-state index contributed by atoms with van der Waals surface area (Å²) in [6, 6.07) is 7.39. The van der Waals surface area contributed by atoms with Crippen LogP contribution in [0.5, 0.6) is 0 Å². The maximum absolute atomic E-state index is 12.8. The third kappa shape index (κ3) is 5.27. The van der Waals surface area contributed by atoms with E-state index >= 15 is 0 Å². The first-order chi connectivity index (χ1) is 11.9. The number of aromatic nitrogens is 2. The highest BCUT2D eigenvalue weighted by Gasteiger charge is 2.18. The first-order valence-corrected chi connectivity index (χ1v) is 7.85. The summed E-state index contributed by atoms with van der Waals surface area (Å²) in [6.45, 7) is 5.35. The van der Waals surface area contributed by atoms with Crippen molar-refractivity contribution in [2.24, 2.45) is 0 Å². The lowest BCUT2D eigenvalue weighted by Gasteiger charge is -2.15. The van der Waals surface area contributed by atoms with Crippen LogP contribution in [0, 0.1) is 5.82 Å². The van der Waals surface area contributed by atoms with Crippen molar-refractivity contribution >= 4 is 23.8 Å². The molecule has 0 fully saturated rings. The van der Waals surface area contributed by atoms with Gasteiger partial charge in [-0.05, 0) is 44.5 Å². The van der Waals surface area contributed by atoms with Crippen LogP contribution < -0.4 is 5.32 Å². The van der Waals surface area contributed by atoms with Gasteiger partial charge in [-0.25, -0.2) is 13.9 Å². The second kappa shape index (κ2) is 8.23. The Kier molecular flexibility index (Phi) is 6.05. The molecule has 1 heterocycles. The van der Waals surface area contributed by atoms with E-state index in [0.29, 0.717) is 11.4 Å². The minimum absolute atomic E-state index is 0.0850. The maximum atomic E-state index is 12.8. The Morgan fingerprint density at radius 2 is 1.88 bits per heavy atom. The number of esters is 1. The number of ether oxygens (including phenoxy) is 1. The molecule has 1 atom stereocenters. The molecule has 6 nitrogen and oxygen atoms in total. The summed E-state index contributed by atoms with van der Waals surface area (Å²) in [5.41, 5.74) is 0.649. The summed E-state index contributed by atoms with van der Waals surface area (Å²) < 4.78 is 19.5. The molecule has 2 aromatic rings. The van der Waals surface area contributed by atoms with Crippen molar-refractivity contribution in [3.63, 3.8) is 0 Å². The molecule has 0 aliphatic heterocycles. The number of carbonyl (C=O) groups is 2. The fraction of sp³-hybridized carbons (Fsp3) is 0.278. The molecular weight excluding hydrogens is 325 g/mol. The van der Waals surface area contributed by atoms with Gasteiger partial charge in [-0.15, -0.1) is 0 Å². The van der Waals surface area contributed by atoms with Gasteiger partial charge < -0.3 is 10.1 Å². The minimum Gasteiger partial charge on any atom is -0.449 e. The van der Waals surface area contributed by atoms with E-state index in [-0.39, 0.29) is 11.9 Å². The summed E-state index contributed by atoms with van der Waals surface area (Å²) >= 11 is 0. The fourth-order valence-electron chi connectivity index (χ4n) is 2.06. The van der Waals surface area contributed by atoms with Gasteiger partial charge in [0.05, 0.1) is 6.20 Å². The number of hydrogen-bond donors (Lipinski definition) is 1. The second-order valence-electron chi connectivity index (χ2n) is 5.71. The van der Waals surface area contributed by atoms with Gasteiger partial charge in [-0.2, -0.15) is 5.10 Å². The normalized spacial score (nSPS) is 12.4. The topological polar surface area (TPSA) is 73.2 Å². The van der Waals surface area contributed by atoms with Crippen LogP contribution in [0.15, 0.2) is 42.6 Å². The molecule has 0 aliphatic rings. The predicted octanol–water partition coefficient (Wildman–Crippen LogP) is 3.19. The Balaban J connectivity index is 1.90. The van der Waals surface area contributed by atoms with Crippen LogP contribution in [0.4, 0.5) is 10.2 Å². The van der Waals surface area contributed by atoms with Crippen LogP contribution in [-0.4, -0.2) is 27.8 Å². The van der Waals surface area contributed by atoms with E-state index in [9.17, 15) is 14.0 Å². The third-order valence-corrected chi connectivity index (χ3v) is 3.35. The predicted molar refractivity (Wildman–Crippen MR) is 92.2 cm³/mol. The lowest BCUT2D eigenvalue weighted by molar-refractivity contribution is -0.148. The molecule has 0 saturated carbocycles. The van der Waals surface area contributed by atoms with E-state index in [1.165, 1.54) is 43.3 Å². The quantitative estimate of drug-likeness (QED) is 0.645. The molecule has 0 unspecified atom stereocenters. The third-order valence-electron chi connectivity index (χ3n) is 3.35. The van der Waals surface area contributed by atoms with Gasteiger partial charge in [0.1, 0.15) is 11.6 Å². The Hall–Kier alpha value is -2.96. The van der Waals surface area contributed by atoms with Crippen LogP contribution >= 0.6 is 0 Å². The highest BCUT2D eigenvalue weighted by molar-refractivity contribution is 5.96. The molecule has 25 heavy (non-hydrogen) atoms. The molecule has 0 aliphatic carbocycles. The van der Waals surface area contributed by atoms with Crippen LogP contribution in [0.25, 0.3) is 6.08 Å². The molecule has 1 aromatic heterocycles. The lowest BCUT2D eigenvalue weighted by atomic mass is 10.2. The van der Waals surface area contributed by atoms with Crippen molar-refractivity contribution < 1.29 is 18.7 Å². The summed E-state index contributed by atoms with van der Waals surface area (Å²) in [7, 11) is 0. The Labute approximate surface area is 145 Å². The zero-order valence-corrected chi connectivity index (χ0v) is 14.3. The first kappa shape index (κ1) is 18.4. The van der Waals surface area contributed by atoms with E-state index in [1.54, 1.807) is 16.9 Å². The number of halogens is 1. The molecule has 0 bridgehead atoms. The maximum Gasteiger partial charge on any atom is 0.331 e. The van der Waals surface area contributed by atoms with Crippen molar-refractivity contribution in [1.82, 2.24) is 9.78 Å². The highest BCUT2D eigenvalue weighted by atomic mass is 19.1. The van der Waals surface area contributed by atoms with Gasteiger partial charge in [0.2, 0.25) is 0 Å². The second-order valence-corrected chi connectivity index (χ2v) is 5.71. The van der Waals surface area contributed by atoms with Gasteiger partial charge >= 0.3 is 5.97 Å². The average molecular weight is 345 g/mol. The molecular formula is C18H20FN3O3. The summed E-state index contributed by atoms with van der Waals surface area (Å²) in [5, 5.41) is 6.79. The Bertz CT molecular complexity index is 766. The number of nitrogens with one attached hydrogen (secondary N) is 1. The Morgan fingerprint density at radius 3 is 2.52 bits per heavy atom. The zero-order valence-electron chi connectivity index (χ0n) is 14.3. The van der Waals surface area contributed by atoms with Crippen molar-refractivity contribution in [1.29, 1.82) is 0 Å². The molecule has 1 amide bonds. The van der Waals surface area contributed by atoms with Gasteiger partial charge in [0.25, 0.3) is 5.91 Å². The molecule has 0 spiro atoms. The van der Waals surface area contributed by atoms with Crippen molar-refractivity contribution in [3.8, 4) is 0 Å². The summed E-state index contributed by atoms with van der Waals surface area (Å²) in [6.07, 6.45) is 3.29. The first-order valence-electron chi connectivity index (χ1n) is 7.85. The van der Waals surface area contributed by atoms with Crippen LogP contribution in [0.3, 0.4) is 0 Å². The molecule has 1 N–H and O–H groups in total. The van der Waals surface area contributed by atoms with Crippen molar-refractivity contribution in [2.45, 2.75) is 32.9 Å². The van der Waals surface area contributed by atoms with Gasteiger partial charge in [0, 0.05) is 18.2 Å². The number of carbonyl (C=O) groups excluding carboxylic acids is 2. The van der Waals surface area contributed by atoms with E-state index in [0.717, 1.165) is 0 Å². The zero-order chi connectivity index (χ0) is 18.4. The SMILES string of the molecule is CC(C)n1nccc1NC(=O)[C@@H](C)OC(=O)/C=C/c1ccc(F)cc1. The van der Waals surface area contributed by atoms with E-state index < -0.39 is 18.0 Å². The van der Waals surface area contributed by atoms with Crippen molar-refractivity contribution in [3.05, 3.63) is 54.0 Å². The number of anilines is 1. The molecule has 132 valence electrons. The molecule has 7 heteroatoms. The monoisotopic (exact) mass is 345 g/mol. The lowest BCUT2D eigenvalue weighted by Crippen LogP contribution is -2.30. The highest BCUT2D eigenvalue weighted by Crippen LogP contribution is 2.13. The number of hydrogen-bond acceptors (Lipinski definition) is 4. The van der Waals surface area contributed by atoms with Crippen LogP contribution in [0.2, 0.25) is 0 Å². The van der Waals surface area contributed by atoms with E-state index in [4.69, 9.17) is 4.74 Å². The average Bonchev–Trinajstić information content (AvgIpc) is 3.02. The Morgan fingerprint density at radius 1 is 1.20 bits per heavy atom. The largest absolute Gasteiger partial charge is 0.449 e. The van der Waals surface area contributed by atoms with Gasteiger partial charge in [-0.3, -0.25) is 4.79 Å². The van der Waals surface area contributed by atoms with Gasteiger partial charge in [0.15, 0.2) is 6.10 Å². The molecule has 1 aromatic carbocycles. The summed E-state index contributed by atoms with van der Waals surface area (Å²) in [5.74, 6) is -0.939. The fourth-order valence-corrected chi connectivity index (χ4v) is 2.06. The molecule has 0 saturated heterocycles. The number of amides is 1. The molecule has 2 rings (SSSR count). The number of benzene rings is 1. The van der Waals surface area contributed by atoms with Crippen LogP contribution in [-0.2, 0) is 14.3 Å². The number of rotatable bonds is 6. The standard InChI is InChI=1S/C18H20FN3O3/c1-12(2)22-16(10-11-20-22)21-18(24)13(3)25-17(23)9-6-14-4-7-15(19)8-5-14/h4-13H,1-3H3,(H,21,24)/b9-6+/t13-/m1/s1. The van der Waals surface area contributed by atoms with Crippen LogP contribution in [0.1, 0.15) is 32.4 Å².